The van der Waals surface area contributed by atoms with Crippen LogP contribution in [-0.4, -0.2) is 31.0 Å². The summed E-state index contributed by atoms with van der Waals surface area (Å²) in [5, 5.41) is 7.26. The van der Waals surface area contributed by atoms with Gasteiger partial charge in [0.25, 0.3) is 5.91 Å². The lowest BCUT2D eigenvalue weighted by atomic mass is 10.1. The highest BCUT2D eigenvalue weighted by atomic mass is 16.5. The van der Waals surface area contributed by atoms with E-state index in [4.69, 9.17) is 4.74 Å². The molecule has 0 radical (unpaired) electrons. The predicted molar refractivity (Wildman–Crippen MR) is 71.3 cm³/mol. The third-order valence-electron chi connectivity index (χ3n) is 2.89. The van der Waals surface area contributed by atoms with Gasteiger partial charge in [0, 0.05) is 12.1 Å². The number of benzene rings is 1. The Hall–Kier alpha value is -2.57. The Kier molecular flexibility index (Phi) is 4.19. The predicted octanol–water partition coefficient (Wildman–Crippen LogP) is 0.622. The Balaban J connectivity index is 1.80. The minimum atomic E-state index is -0.635. The van der Waals surface area contributed by atoms with Crippen molar-refractivity contribution in [1.82, 2.24) is 10.6 Å². The molecule has 2 rings (SSSR count). The molecule has 1 heterocycles. The first-order chi connectivity index (χ1) is 9.58. The largest absolute Gasteiger partial charge is 0.497 e. The van der Waals surface area contributed by atoms with Crippen molar-refractivity contribution in [1.29, 1.82) is 0 Å². The summed E-state index contributed by atoms with van der Waals surface area (Å²) in [6.07, 6.45) is 0.407. The van der Waals surface area contributed by atoms with Crippen molar-refractivity contribution in [3.63, 3.8) is 0 Å². The first-order valence-corrected chi connectivity index (χ1v) is 6.14. The van der Waals surface area contributed by atoms with Crippen molar-refractivity contribution >= 4 is 23.5 Å². The minimum absolute atomic E-state index is 0.143. The molecule has 1 aromatic carbocycles. The van der Waals surface area contributed by atoms with Gasteiger partial charge in [0.05, 0.1) is 7.11 Å². The Morgan fingerprint density at radius 3 is 2.55 bits per heavy atom. The van der Waals surface area contributed by atoms with Crippen LogP contribution in [0.25, 0.3) is 0 Å². The molecule has 0 spiro atoms. The molecule has 1 saturated heterocycles. The van der Waals surface area contributed by atoms with Gasteiger partial charge in [0.15, 0.2) is 0 Å². The maximum absolute atomic E-state index is 11.7. The molecule has 7 heteroatoms. The third kappa shape index (κ3) is 3.47. The van der Waals surface area contributed by atoms with Crippen LogP contribution in [-0.2, 0) is 9.59 Å². The molecule has 0 aliphatic carbocycles. The molecule has 1 aliphatic heterocycles. The van der Waals surface area contributed by atoms with E-state index in [1.165, 1.54) is 0 Å². The molecule has 1 atom stereocenters. The van der Waals surface area contributed by atoms with Gasteiger partial charge in [-0.15, -0.1) is 0 Å². The maximum Gasteiger partial charge on any atom is 0.322 e. The van der Waals surface area contributed by atoms with Crippen LogP contribution in [0.2, 0.25) is 0 Å². The average Bonchev–Trinajstić information content (AvgIpc) is 2.75. The van der Waals surface area contributed by atoms with E-state index in [1.807, 2.05) is 0 Å². The van der Waals surface area contributed by atoms with Gasteiger partial charge in [0.2, 0.25) is 5.91 Å². The van der Waals surface area contributed by atoms with Gasteiger partial charge in [-0.05, 0) is 30.7 Å². The zero-order valence-electron chi connectivity index (χ0n) is 10.9. The summed E-state index contributed by atoms with van der Waals surface area (Å²) >= 11 is 0. The Bertz CT molecular complexity index is 527. The SMILES string of the molecule is COc1ccc(NC(=O)CC[C@H]2NC(=O)NC2=O)cc1. The fraction of sp³-hybridized carbons (Fsp3) is 0.308. The van der Waals surface area contributed by atoms with Crippen molar-refractivity contribution in [3.8, 4) is 5.75 Å². The van der Waals surface area contributed by atoms with Crippen molar-refractivity contribution in [2.75, 3.05) is 12.4 Å². The van der Waals surface area contributed by atoms with Crippen molar-refractivity contribution in [2.45, 2.75) is 18.9 Å². The summed E-state index contributed by atoms with van der Waals surface area (Å²) in [6.45, 7) is 0. The van der Waals surface area contributed by atoms with Gasteiger partial charge in [-0.1, -0.05) is 0 Å². The molecular formula is C13H15N3O4. The number of imide groups is 1. The lowest BCUT2D eigenvalue weighted by Gasteiger charge is -2.08. The molecule has 0 bridgehead atoms. The summed E-state index contributed by atoms with van der Waals surface area (Å²) in [5.41, 5.74) is 0.649. The van der Waals surface area contributed by atoms with Crippen LogP contribution in [0.15, 0.2) is 24.3 Å². The maximum atomic E-state index is 11.7. The number of rotatable bonds is 5. The summed E-state index contributed by atoms with van der Waals surface area (Å²) in [7, 11) is 1.56. The number of carbonyl (C=O) groups excluding carboxylic acids is 3. The summed E-state index contributed by atoms with van der Waals surface area (Å²) in [5.74, 6) is 0.0877. The van der Waals surface area contributed by atoms with Crippen LogP contribution in [0.3, 0.4) is 0 Å². The second kappa shape index (κ2) is 6.05. The van der Waals surface area contributed by atoms with Crippen molar-refractivity contribution in [2.24, 2.45) is 0 Å². The van der Waals surface area contributed by atoms with Gasteiger partial charge < -0.3 is 15.4 Å². The summed E-state index contributed by atoms with van der Waals surface area (Å²) in [4.78, 5) is 33.9. The molecule has 20 heavy (non-hydrogen) atoms. The first-order valence-electron chi connectivity index (χ1n) is 6.14. The second-order valence-corrected chi connectivity index (χ2v) is 4.33. The van der Waals surface area contributed by atoms with E-state index < -0.39 is 18.0 Å². The van der Waals surface area contributed by atoms with E-state index in [1.54, 1.807) is 31.4 Å². The number of urea groups is 1. The highest BCUT2D eigenvalue weighted by molar-refractivity contribution is 6.04. The lowest BCUT2D eigenvalue weighted by molar-refractivity contribution is -0.120. The van der Waals surface area contributed by atoms with E-state index in [9.17, 15) is 14.4 Å². The quantitative estimate of drug-likeness (QED) is 0.687. The normalized spacial score (nSPS) is 17.4. The van der Waals surface area contributed by atoms with Crippen LogP contribution >= 0.6 is 0 Å². The minimum Gasteiger partial charge on any atom is -0.497 e. The number of ether oxygens (including phenoxy) is 1. The molecule has 4 amide bonds. The Labute approximate surface area is 115 Å². The van der Waals surface area contributed by atoms with Crippen LogP contribution in [0.5, 0.6) is 5.75 Å². The lowest BCUT2D eigenvalue weighted by Crippen LogP contribution is -2.30. The number of carbonyl (C=O) groups is 3. The smallest absolute Gasteiger partial charge is 0.322 e. The molecule has 1 fully saturated rings. The van der Waals surface area contributed by atoms with Crippen LogP contribution in [0.1, 0.15) is 12.8 Å². The van der Waals surface area contributed by atoms with Gasteiger partial charge in [-0.2, -0.15) is 0 Å². The third-order valence-corrected chi connectivity index (χ3v) is 2.89. The molecule has 0 saturated carbocycles. The van der Waals surface area contributed by atoms with E-state index in [0.29, 0.717) is 11.4 Å². The molecule has 0 aromatic heterocycles. The van der Waals surface area contributed by atoms with E-state index in [-0.39, 0.29) is 18.7 Å². The number of amides is 4. The molecule has 0 unspecified atom stereocenters. The van der Waals surface area contributed by atoms with Gasteiger partial charge >= 0.3 is 6.03 Å². The Morgan fingerprint density at radius 1 is 1.30 bits per heavy atom. The van der Waals surface area contributed by atoms with E-state index >= 15 is 0 Å². The number of methoxy groups -OCH3 is 1. The standard InChI is InChI=1S/C13H15N3O4/c1-20-9-4-2-8(3-5-9)14-11(17)7-6-10-12(18)16-13(19)15-10/h2-5,10H,6-7H2,1H3,(H,14,17)(H2,15,16,18,19)/t10-/m1/s1. The molecule has 3 N–H and O–H groups in total. The van der Waals surface area contributed by atoms with E-state index in [0.717, 1.165) is 0 Å². The van der Waals surface area contributed by atoms with Crippen LogP contribution in [0, 0.1) is 0 Å². The fourth-order valence-electron chi connectivity index (χ4n) is 1.84. The number of nitrogens with one attached hydrogen (secondary N) is 3. The highest BCUT2D eigenvalue weighted by Crippen LogP contribution is 2.15. The molecule has 106 valence electrons. The fourth-order valence-corrected chi connectivity index (χ4v) is 1.84. The molecule has 1 aromatic rings. The Morgan fingerprint density at radius 2 is 2.00 bits per heavy atom. The number of hydrogen-bond donors (Lipinski definition) is 3. The van der Waals surface area contributed by atoms with Gasteiger partial charge in [-0.3, -0.25) is 14.9 Å². The summed E-state index contributed by atoms with van der Waals surface area (Å²) < 4.78 is 5.01. The zero-order valence-corrected chi connectivity index (χ0v) is 10.9. The number of anilines is 1. The monoisotopic (exact) mass is 277 g/mol. The second-order valence-electron chi connectivity index (χ2n) is 4.33. The highest BCUT2D eigenvalue weighted by Gasteiger charge is 2.29. The van der Waals surface area contributed by atoms with Gasteiger partial charge in [0.1, 0.15) is 11.8 Å². The number of hydrogen-bond acceptors (Lipinski definition) is 4. The molecule has 1 aliphatic rings. The average molecular weight is 277 g/mol. The van der Waals surface area contributed by atoms with Crippen molar-refractivity contribution in [3.05, 3.63) is 24.3 Å². The van der Waals surface area contributed by atoms with Crippen molar-refractivity contribution < 1.29 is 19.1 Å². The topological polar surface area (TPSA) is 96.5 Å². The molecular weight excluding hydrogens is 262 g/mol. The van der Waals surface area contributed by atoms with Gasteiger partial charge in [-0.25, -0.2) is 4.79 Å². The first kappa shape index (κ1) is 13.9. The summed E-state index contributed by atoms with van der Waals surface area (Å²) in [6, 6.07) is 5.77. The van der Waals surface area contributed by atoms with Crippen LogP contribution < -0.4 is 20.7 Å². The van der Waals surface area contributed by atoms with Crippen LogP contribution in [0.4, 0.5) is 10.5 Å². The molecule has 7 nitrogen and oxygen atoms in total. The zero-order chi connectivity index (χ0) is 14.5. The van der Waals surface area contributed by atoms with E-state index in [2.05, 4.69) is 16.0 Å².